The van der Waals surface area contributed by atoms with Gasteiger partial charge < -0.3 is 19.7 Å². The Bertz CT molecular complexity index is 1130. The van der Waals surface area contributed by atoms with Gasteiger partial charge in [-0.1, -0.05) is 49.6 Å². The highest BCUT2D eigenvalue weighted by atomic mass is 16.5. The van der Waals surface area contributed by atoms with Crippen molar-refractivity contribution in [2.45, 2.75) is 50.7 Å². The smallest absolute Gasteiger partial charge is 0.273 e. The SMILES string of the molecule is COc1ccc(CN(C(=O)c2ccccn2)C(C(=O)NC2CCCCC2)c2ccc(OC)cc2)cc1. The first-order chi connectivity index (χ1) is 17.6. The lowest BCUT2D eigenvalue weighted by Gasteiger charge is -2.33. The molecule has 2 amide bonds. The van der Waals surface area contributed by atoms with Crippen molar-refractivity contribution in [3.05, 3.63) is 89.7 Å². The summed E-state index contributed by atoms with van der Waals surface area (Å²) in [5, 5.41) is 3.23. The highest BCUT2D eigenvalue weighted by molar-refractivity contribution is 5.96. The Labute approximate surface area is 212 Å². The average molecular weight is 488 g/mol. The number of pyridine rings is 1. The second-order valence-electron chi connectivity index (χ2n) is 9.02. The summed E-state index contributed by atoms with van der Waals surface area (Å²) in [5.41, 5.74) is 1.88. The van der Waals surface area contributed by atoms with E-state index in [9.17, 15) is 9.59 Å². The molecular formula is C29H33N3O4. The molecule has 1 atom stereocenters. The number of nitrogens with zero attached hydrogens (tertiary/aromatic N) is 2. The van der Waals surface area contributed by atoms with Crippen molar-refractivity contribution in [3.8, 4) is 11.5 Å². The third-order valence-corrected chi connectivity index (χ3v) is 6.60. The van der Waals surface area contributed by atoms with Crippen LogP contribution in [0.3, 0.4) is 0 Å². The molecule has 3 aromatic rings. The molecule has 1 aliphatic carbocycles. The van der Waals surface area contributed by atoms with Crippen LogP contribution in [0.25, 0.3) is 0 Å². The van der Waals surface area contributed by atoms with Crippen LogP contribution in [-0.2, 0) is 11.3 Å². The highest BCUT2D eigenvalue weighted by Crippen LogP contribution is 2.29. The van der Waals surface area contributed by atoms with Crippen molar-refractivity contribution >= 4 is 11.8 Å². The van der Waals surface area contributed by atoms with E-state index < -0.39 is 6.04 Å². The Hall–Kier alpha value is -3.87. The van der Waals surface area contributed by atoms with Gasteiger partial charge in [0.15, 0.2) is 0 Å². The molecule has 1 aliphatic rings. The molecular weight excluding hydrogens is 454 g/mol. The van der Waals surface area contributed by atoms with E-state index in [0.29, 0.717) is 11.3 Å². The Morgan fingerprint density at radius 1 is 0.917 bits per heavy atom. The molecule has 1 N–H and O–H groups in total. The highest BCUT2D eigenvalue weighted by Gasteiger charge is 2.34. The molecule has 2 aromatic carbocycles. The second kappa shape index (κ2) is 12.2. The van der Waals surface area contributed by atoms with Crippen molar-refractivity contribution in [1.29, 1.82) is 0 Å². The van der Waals surface area contributed by atoms with Gasteiger partial charge in [0.1, 0.15) is 23.2 Å². The Balaban J connectivity index is 1.73. The topological polar surface area (TPSA) is 80.8 Å². The van der Waals surface area contributed by atoms with Crippen molar-refractivity contribution in [2.24, 2.45) is 0 Å². The van der Waals surface area contributed by atoms with Crippen molar-refractivity contribution in [1.82, 2.24) is 15.2 Å². The summed E-state index contributed by atoms with van der Waals surface area (Å²) in [5.74, 6) is 0.905. The normalized spacial score (nSPS) is 14.5. The summed E-state index contributed by atoms with van der Waals surface area (Å²) in [6.45, 7) is 0.230. The Morgan fingerprint density at radius 2 is 1.56 bits per heavy atom. The minimum atomic E-state index is -0.838. The number of ether oxygens (including phenoxy) is 2. The lowest BCUT2D eigenvalue weighted by molar-refractivity contribution is -0.127. The fourth-order valence-corrected chi connectivity index (χ4v) is 4.63. The van der Waals surface area contributed by atoms with Crippen molar-refractivity contribution < 1.29 is 19.1 Å². The van der Waals surface area contributed by atoms with Crippen LogP contribution in [0.1, 0.15) is 59.8 Å². The molecule has 1 aromatic heterocycles. The van der Waals surface area contributed by atoms with E-state index in [4.69, 9.17) is 9.47 Å². The first kappa shape index (κ1) is 25.2. The zero-order valence-electron chi connectivity index (χ0n) is 20.9. The van der Waals surface area contributed by atoms with E-state index in [2.05, 4.69) is 10.3 Å². The molecule has 1 unspecified atom stereocenters. The van der Waals surface area contributed by atoms with Crippen LogP contribution >= 0.6 is 0 Å². The van der Waals surface area contributed by atoms with Gasteiger partial charge in [-0.15, -0.1) is 0 Å². The van der Waals surface area contributed by atoms with Gasteiger partial charge in [-0.05, 0) is 60.4 Å². The minimum absolute atomic E-state index is 0.111. The van der Waals surface area contributed by atoms with Crippen LogP contribution in [-0.4, -0.2) is 42.0 Å². The molecule has 7 heteroatoms. The molecule has 0 radical (unpaired) electrons. The van der Waals surface area contributed by atoms with Gasteiger partial charge in [0.05, 0.1) is 14.2 Å². The number of aromatic nitrogens is 1. The molecule has 0 bridgehead atoms. The number of hydrogen-bond acceptors (Lipinski definition) is 5. The first-order valence-electron chi connectivity index (χ1n) is 12.4. The number of hydrogen-bond donors (Lipinski definition) is 1. The molecule has 4 rings (SSSR count). The van der Waals surface area contributed by atoms with Gasteiger partial charge in [0.25, 0.3) is 5.91 Å². The van der Waals surface area contributed by atoms with E-state index in [1.54, 1.807) is 43.5 Å². The quantitative estimate of drug-likeness (QED) is 0.463. The number of carbonyl (C=O) groups excluding carboxylic acids is 2. The molecule has 0 aliphatic heterocycles. The predicted molar refractivity (Wildman–Crippen MR) is 138 cm³/mol. The van der Waals surface area contributed by atoms with Crippen LogP contribution < -0.4 is 14.8 Å². The van der Waals surface area contributed by atoms with Crippen molar-refractivity contribution in [2.75, 3.05) is 14.2 Å². The number of amides is 2. The summed E-state index contributed by atoms with van der Waals surface area (Å²) in [7, 11) is 3.21. The van der Waals surface area contributed by atoms with Gasteiger partial charge in [0, 0.05) is 18.8 Å². The Morgan fingerprint density at radius 3 is 2.14 bits per heavy atom. The van der Waals surface area contributed by atoms with Crippen LogP contribution in [0.4, 0.5) is 0 Å². The van der Waals surface area contributed by atoms with Crippen LogP contribution in [0.2, 0.25) is 0 Å². The zero-order chi connectivity index (χ0) is 25.3. The summed E-state index contributed by atoms with van der Waals surface area (Å²) >= 11 is 0. The van der Waals surface area contributed by atoms with Gasteiger partial charge in [-0.3, -0.25) is 14.6 Å². The first-order valence-corrected chi connectivity index (χ1v) is 12.4. The summed E-state index contributed by atoms with van der Waals surface area (Å²) in [4.78, 5) is 33.6. The van der Waals surface area contributed by atoms with E-state index in [0.717, 1.165) is 37.0 Å². The third-order valence-electron chi connectivity index (χ3n) is 6.60. The van der Waals surface area contributed by atoms with E-state index in [1.165, 1.54) is 6.42 Å². The molecule has 1 fully saturated rings. The standard InChI is InChI=1S/C29H33N3O4/c1-35-24-15-11-21(12-16-24)20-32(29(34)26-10-6-7-19-30-26)27(22-13-17-25(36-2)18-14-22)28(33)31-23-8-4-3-5-9-23/h6-7,10-19,23,27H,3-5,8-9,20H2,1-2H3,(H,31,33). The fraction of sp³-hybridized carbons (Fsp3) is 0.345. The predicted octanol–water partition coefficient (Wildman–Crippen LogP) is 4.93. The molecule has 1 saturated carbocycles. The number of carbonyl (C=O) groups is 2. The molecule has 0 spiro atoms. The maximum absolute atomic E-state index is 13.9. The summed E-state index contributed by atoms with van der Waals surface area (Å²) in [6, 6.07) is 19.3. The molecule has 36 heavy (non-hydrogen) atoms. The molecule has 188 valence electrons. The van der Waals surface area contributed by atoms with Gasteiger partial charge in [0.2, 0.25) is 5.91 Å². The second-order valence-corrected chi connectivity index (χ2v) is 9.02. The van der Waals surface area contributed by atoms with E-state index >= 15 is 0 Å². The molecule has 1 heterocycles. The number of nitrogens with one attached hydrogen (secondary N) is 1. The van der Waals surface area contributed by atoms with Gasteiger partial charge >= 0.3 is 0 Å². The van der Waals surface area contributed by atoms with Crippen LogP contribution in [0.5, 0.6) is 11.5 Å². The lowest BCUT2D eigenvalue weighted by Crippen LogP contribution is -2.47. The third kappa shape index (κ3) is 6.22. The maximum atomic E-state index is 13.9. The zero-order valence-corrected chi connectivity index (χ0v) is 20.9. The van der Waals surface area contributed by atoms with E-state index in [-0.39, 0.29) is 30.1 Å². The lowest BCUT2D eigenvalue weighted by atomic mass is 9.94. The van der Waals surface area contributed by atoms with Crippen LogP contribution in [0.15, 0.2) is 72.9 Å². The van der Waals surface area contributed by atoms with Gasteiger partial charge in [-0.25, -0.2) is 0 Å². The monoisotopic (exact) mass is 487 g/mol. The van der Waals surface area contributed by atoms with Gasteiger partial charge in [-0.2, -0.15) is 0 Å². The average Bonchev–Trinajstić information content (AvgIpc) is 2.94. The van der Waals surface area contributed by atoms with Crippen molar-refractivity contribution in [3.63, 3.8) is 0 Å². The van der Waals surface area contributed by atoms with E-state index in [1.807, 2.05) is 48.5 Å². The van der Waals surface area contributed by atoms with Crippen LogP contribution in [0, 0.1) is 0 Å². The fourth-order valence-electron chi connectivity index (χ4n) is 4.63. The summed E-state index contributed by atoms with van der Waals surface area (Å²) in [6.07, 6.45) is 6.88. The maximum Gasteiger partial charge on any atom is 0.273 e. The summed E-state index contributed by atoms with van der Waals surface area (Å²) < 4.78 is 10.6. The molecule has 7 nitrogen and oxygen atoms in total. The minimum Gasteiger partial charge on any atom is -0.497 e. The number of methoxy groups -OCH3 is 2. The number of benzene rings is 2. The number of rotatable bonds is 9. The molecule has 0 saturated heterocycles. The Kier molecular flexibility index (Phi) is 8.55. The largest absolute Gasteiger partial charge is 0.497 e.